The molecule has 2 aromatic heterocycles. The average molecular weight is 290 g/mol. The number of aromatic nitrogens is 3. The van der Waals surface area contributed by atoms with E-state index < -0.39 is 0 Å². The number of likely N-dealkylation sites (tertiary alicyclic amines) is 1. The van der Waals surface area contributed by atoms with Gasteiger partial charge < -0.3 is 9.26 Å². The van der Waals surface area contributed by atoms with E-state index in [2.05, 4.69) is 21.4 Å². The Kier molecular flexibility index (Phi) is 4.36. The molecule has 1 saturated heterocycles. The van der Waals surface area contributed by atoms with E-state index in [1.54, 1.807) is 6.20 Å². The van der Waals surface area contributed by atoms with E-state index in [0.29, 0.717) is 11.8 Å². The van der Waals surface area contributed by atoms with Gasteiger partial charge in [0.1, 0.15) is 0 Å². The molecule has 1 aliphatic rings. The lowest BCUT2D eigenvalue weighted by molar-refractivity contribution is 0.107. The molecule has 0 bridgehead atoms. The van der Waals surface area contributed by atoms with E-state index in [0.717, 1.165) is 38.6 Å². The van der Waals surface area contributed by atoms with Gasteiger partial charge in [-0.05, 0) is 12.5 Å². The second kappa shape index (κ2) is 6.41. The number of aryl methyl sites for hydroxylation is 1. The summed E-state index contributed by atoms with van der Waals surface area (Å²) in [4.78, 5) is 2.40. The normalized spacial score (nSPS) is 23.0. The molecule has 0 aromatic carbocycles. The van der Waals surface area contributed by atoms with Crippen LogP contribution in [-0.4, -0.2) is 46.1 Å². The summed E-state index contributed by atoms with van der Waals surface area (Å²) < 4.78 is 12.8. The molecular formula is C15H22N4O2. The summed E-state index contributed by atoms with van der Waals surface area (Å²) in [5, 5.41) is 8.08. The predicted molar refractivity (Wildman–Crippen MR) is 77.7 cm³/mol. The Morgan fingerprint density at radius 3 is 3.00 bits per heavy atom. The van der Waals surface area contributed by atoms with Crippen LogP contribution in [0, 0.1) is 5.92 Å². The van der Waals surface area contributed by atoms with E-state index in [1.807, 2.05) is 30.9 Å². The Hall–Kier alpha value is -1.66. The topological polar surface area (TPSA) is 56.3 Å². The van der Waals surface area contributed by atoms with Gasteiger partial charge in [0.15, 0.2) is 5.76 Å². The number of rotatable bonds is 6. The van der Waals surface area contributed by atoms with Crippen LogP contribution in [0.3, 0.4) is 0 Å². The Balaban J connectivity index is 1.70. The van der Waals surface area contributed by atoms with Gasteiger partial charge in [0, 0.05) is 50.8 Å². The molecule has 3 rings (SSSR count). The third kappa shape index (κ3) is 3.33. The van der Waals surface area contributed by atoms with Crippen molar-refractivity contribution in [3.63, 3.8) is 0 Å². The van der Waals surface area contributed by atoms with Crippen molar-refractivity contribution in [2.45, 2.75) is 19.4 Å². The van der Waals surface area contributed by atoms with Crippen LogP contribution in [0.25, 0.3) is 0 Å². The minimum absolute atomic E-state index is 0.466. The van der Waals surface area contributed by atoms with Crippen LogP contribution in [0.4, 0.5) is 0 Å². The van der Waals surface area contributed by atoms with Crippen LogP contribution in [0.5, 0.6) is 0 Å². The molecule has 0 saturated carbocycles. The molecule has 1 fully saturated rings. The summed E-state index contributed by atoms with van der Waals surface area (Å²) in [5.41, 5.74) is 1.29. The van der Waals surface area contributed by atoms with Crippen LogP contribution in [0.1, 0.15) is 24.2 Å². The van der Waals surface area contributed by atoms with Crippen molar-refractivity contribution in [3.8, 4) is 0 Å². The molecule has 114 valence electrons. The third-order valence-electron chi connectivity index (χ3n) is 4.08. The zero-order chi connectivity index (χ0) is 14.7. The van der Waals surface area contributed by atoms with Gasteiger partial charge in [0.05, 0.1) is 25.5 Å². The van der Waals surface area contributed by atoms with Crippen LogP contribution < -0.4 is 0 Å². The fourth-order valence-electron chi connectivity index (χ4n) is 3.08. The Labute approximate surface area is 124 Å². The lowest BCUT2D eigenvalue weighted by Crippen LogP contribution is -2.21. The summed E-state index contributed by atoms with van der Waals surface area (Å²) in [6.07, 6.45) is 5.78. The highest BCUT2D eigenvalue weighted by molar-refractivity contribution is 5.16. The SMILES string of the molecule is CCOC[C@@H]1CN(Cc2ccno2)C[C@H]1c1cnn(C)c1. The molecule has 3 heterocycles. The predicted octanol–water partition coefficient (Wildman–Crippen LogP) is 1.66. The molecule has 0 amide bonds. The molecule has 6 nitrogen and oxygen atoms in total. The second-order valence-corrected chi connectivity index (χ2v) is 5.65. The van der Waals surface area contributed by atoms with Crippen molar-refractivity contribution in [2.24, 2.45) is 13.0 Å². The van der Waals surface area contributed by atoms with Gasteiger partial charge in [-0.1, -0.05) is 5.16 Å². The summed E-state index contributed by atoms with van der Waals surface area (Å²) in [6.45, 7) is 6.42. The fraction of sp³-hybridized carbons (Fsp3) is 0.600. The quantitative estimate of drug-likeness (QED) is 0.810. The molecular weight excluding hydrogens is 268 g/mol. The standard InChI is InChI=1S/C15H22N4O2/c1-3-20-11-13-8-19(9-14-4-5-17-21-14)10-15(13)12-6-16-18(2)7-12/h4-7,13,15H,3,8-11H2,1-2H3/t13-,15-/m0/s1. The number of hydrogen-bond donors (Lipinski definition) is 0. The van der Waals surface area contributed by atoms with Gasteiger partial charge in [-0.25, -0.2) is 0 Å². The van der Waals surface area contributed by atoms with Crippen LogP contribution in [0.15, 0.2) is 29.2 Å². The largest absolute Gasteiger partial charge is 0.381 e. The molecule has 6 heteroatoms. The van der Waals surface area contributed by atoms with E-state index in [9.17, 15) is 0 Å². The highest BCUT2D eigenvalue weighted by Crippen LogP contribution is 2.33. The zero-order valence-corrected chi connectivity index (χ0v) is 12.6. The van der Waals surface area contributed by atoms with E-state index in [1.165, 1.54) is 5.56 Å². The molecule has 0 radical (unpaired) electrons. The summed E-state index contributed by atoms with van der Waals surface area (Å²) in [6, 6.07) is 1.93. The molecule has 0 N–H and O–H groups in total. The van der Waals surface area contributed by atoms with Crippen molar-refractivity contribution in [1.29, 1.82) is 0 Å². The van der Waals surface area contributed by atoms with Gasteiger partial charge in [-0.3, -0.25) is 9.58 Å². The van der Waals surface area contributed by atoms with Crippen LogP contribution >= 0.6 is 0 Å². The van der Waals surface area contributed by atoms with E-state index >= 15 is 0 Å². The smallest absolute Gasteiger partial charge is 0.150 e. The molecule has 21 heavy (non-hydrogen) atoms. The highest BCUT2D eigenvalue weighted by atomic mass is 16.5. The third-order valence-corrected chi connectivity index (χ3v) is 4.08. The Morgan fingerprint density at radius 2 is 2.33 bits per heavy atom. The number of ether oxygens (including phenoxy) is 1. The Bertz CT molecular complexity index is 552. The molecule has 2 atom stereocenters. The maximum Gasteiger partial charge on any atom is 0.150 e. The minimum atomic E-state index is 0.466. The van der Waals surface area contributed by atoms with Gasteiger partial charge in [0.25, 0.3) is 0 Å². The summed E-state index contributed by atoms with van der Waals surface area (Å²) in [5.74, 6) is 1.88. The first-order chi connectivity index (χ1) is 10.3. The van der Waals surface area contributed by atoms with Crippen molar-refractivity contribution >= 4 is 0 Å². The van der Waals surface area contributed by atoms with Crippen molar-refractivity contribution in [2.75, 3.05) is 26.3 Å². The first-order valence-electron chi connectivity index (χ1n) is 7.44. The van der Waals surface area contributed by atoms with Crippen molar-refractivity contribution in [1.82, 2.24) is 19.8 Å². The van der Waals surface area contributed by atoms with E-state index in [4.69, 9.17) is 9.26 Å². The zero-order valence-electron chi connectivity index (χ0n) is 12.6. The maximum absolute atomic E-state index is 5.67. The van der Waals surface area contributed by atoms with Gasteiger partial charge >= 0.3 is 0 Å². The summed E-state index contributed by atoms with van der Waals surface area (Å²) >= 11 is 0. The molecule has 2 aromatic rings. The molecule has 0 spiro atoms. The van der Waals surface area contributed by atoms with Crippen LogP contribution in [0.2, 0.25) is 0 Å². The lowest BCUT2D eigenvalue weighted by Gasteiger charge is -2.16. The van der Waals surface area contributed by atoms with E-state index in [-0.39, 0.29) is 0 Å². The number of hydrogen-bond acceptors (Lipinski definition) is 5. The first kappa shape index (κ1) is 14.3. The summed E-state index contributed by atoms with van der Waals surface area (Å²) in [7, 11) is 1.96. The highest BCUT2D eigenvalue weighted by Gasteiger charge is 2.34. The van der Waals surface area contributed by atoms with Gasteiger partial charge in [-0.2, -0.15) is 5.10 Å². The molecule has 0 unspecified atom stereocenters. The molecule has 0 aliphatic carbocycles. The van der Waals surface area contributed by atoms with Crippen molar-refractivity contribution in [3.05, 3.63) is 36.0 Å². The van der Waals surface area contributed by atoms with Gasteiger partial charge in [0.2, 0.25) is 0 Å². The van der Waals surface area contributed by atoms with Gasteiger partial charge in [-0.15, -0.1) is 0 Å². The molecule has 1 aliphatic heterocycles. The first-order valence-corrected chi connectivity index (χ1v) is 7.44. The number of nitrogens with zero attached hydrogens (tertiary/aromatic N) is 4. The fourth-order valence-corrected chi connectivity index (χ4v) is 3.08. The monoisotopic (exact) mass is 290 g/mol. The Morgan fingerprint density at radius 1 is 1.43 bits per heavy atom. The maximum atomic E-state index is 5.67. The van der Waals surface area contributed by atoms with Crippen LogP contribution in [-0.2, 0) is 18.3 Å². The average Bonchev–Trinajstić information content (AvgIpc) is 3.18. The lowest BCUT2D eigenvalue weighted by atomic mass is 9.92. The minimum Gasteiger partial charge on any atom is -0.381 e. The second-order valence-electron chi connectivity index (χ2n) is 5.65. The van der Waals surface area contributed by atoms with Crippen molar-refractivity contribution < 1.29 is 9.26 Å².